The minimum atomic E-state index is -0.0369. The number of rotatable bonds is 3. The molecule has 80 valence electrons. The smallest absolute Gasteiger partial charge is 0.113 e. The van der Waals surface area contributed by atoms with Gasteiger partial charge in [0.05, 0.1) is 5.52 Å². The van der Waals surface area contributed by atoms with Crippen LogP contribution >= 0.6 is 11.8 Å². The second kappa shape index (κ2) is 3.85. The van der Waals surface area contributed by atoms with Crippen LogP contribution in [0.3, 0.4) is 0 Å². The van der Waals surface area contributed by atoms with Crippen molar-refractivity contribution in [3.63, 3.8) is 0 Å². The van der Waals surface area contributed by atoms with E-state index in [0.29, 0.717) is 0 Å². The number of fused-ring (bicyclic) bond motifs is 1. The van der Waals surface area contributed by atoms with E-state index in [-0.39, 0.29) is 4.87 Å². The van der Waals surface area contributed by atoms with Gasteiger partial charge in [-0.15, -0.1) is 16.9 Å². The molecule has 0 aliphatic rings. The molecule has 0 amide bonds. The van der Waals surface area contributed by atoms with Crippen LogP contribution in [0.2, 0.25) is 0 Å². The maximum atomic E-state index is 4.23. The Hall–Kier alpha value is -1.03. The van der Waals surface area contributed by atoms with E-state index in [1.54, 1.807) is 0 Å². The first-order chi connectivity index (χ1) is 7.15. The Morgan fingerprint density at radius 2 is 2.07 bits per heavy atom. The van der Waals surface area contributed by atoms with Crippen molar-refractivity contribution in [3.8, 4) is 0 Å². The summed E-state index contributed by atoms with van der Waals surface area (Å²) in [4.78, 5) is -0.0369. The topological polar surface area (TPSA) is 30.7 Å². The van der Waals surface area contributed by atoms with Crippen molar-refractivity contribution in [2.24, 2.45) is 0 Å². The summed E-state index contributed by atoms with van der Waals surface area (Å²) in [5.74, 6) is 1.07. The number of aromatic nitrogens is 3. The van der Waals surface area contributed by atoms with Gasteiger partial charge in [-0.1, -0.05) is 24.3 Å². The predicted molar refractivity (Wildman–Crippen MR) is 65.0 cm³/mol. The molecule has 0 aliphatic heterocycles. The number of hydrogen-bond donors (Lipinski definition) is 0. The van der Waals surface area contributed by atoms with Crippen molar-refractivity contribution in [2.75, 3.05) is 5.75 Å². The molecule has 0 N–H and O–H groups in total. The monoisotopic (exact) mass is 221 g/mol. The van der Waals surface area contributed by atoms with Gasteiger partial charge in [-0.2, -0.15) is 0 Å². The molecule has 0 unspecified atom stereocenters. The maximum Gasteiger partial charge on any atom is 0.113 e. The fraction of sp³-hybridized carbons (Fsp3) is 0.455. The molecule has 0 fully saturated rings. The number of thioether (sulfide) groups is 1. The third-order valence-electron chi connectivity index (χ3n) is 2.36. The van der Waals surface area contributed by atoms with Crippen molar-refractivity contribution in [3.05, 3.63) is 24.3 Å². The van der Waals surface area contributed by atoms with E-state index in [2.05, 4.69) is 37.1 Å². The van der Waals surface area contributed by atoms with Crippen LogP contribution in [0.15, 0.2) is 24.3 Å². The molecule has 3 nitrogen and oxygen atoms in total. The molecule has 4 heteroatoms. The van der Waals surface area contributed by atoms with Gasteiger partial charge in [-0.05, 0) is 31.7 Å². The molecule has 1 heterocycles. The highest BCUT2D eigenvalue weighted by molar-refractivity contribution is 7.99. The summed E-state index contributed by atoms with van der Waals surface area (Å²) in [6.45, 7) is 6.50. The van der Waals surface area contributed by atoms with Crippen LogP contribution in [0.25, 0.3) is 11.0 Å². The van der Waals surface area contributed by atoms with Crippen LogP contribution in [-0.2, 0) is 4.87 Å². The van der Waals surface area contributed by atoms with E-state index >= 15 is 0 Å². The standard InChI is InChI=1S/C11H15N3S/c1-4-15-11(2,3)14-10-8-6-5-7-9(10)12-13-14/h5-8H,4H2,1-3H3. The molecule has 15 heavy (non-hydrogen) atoms. The first-order valence-corrected chi connectivity index (χ1v) is 6.08. The minimum Gasteiger partial charge on any atom is -0.229 e. The van der Waals surface area contributed by atoms with Crippen LogP contribution in [0.4, 0.5) is 0 Å². The van der Waals surface area contributed by atoms with E-state index in [4.69, 9.17) is 0 Å². The summed E-state index contributed by atoms with van der Waals surface area (Å²) in [5.41, 5.74) is 2.06. The summed E-state index contributed by atoms with van der Waals surface area (Å²) in [7, 11) is 0. The SMILES string of the molecule is CCSC(C)(C)n1nnc2ccccc21. The molecule has 0 bridgehead atoms. The predicted octanol–water partition coefficient (Wildman–Crippen LogP) is 2.88. The van der Waals surface area contributed by atoms with Crippen LogP contribution in [-0.4, -0.2) is 20.7 Å². The second-order valence-electron chi connectivity index (χ2n) is 3.87. The lowest BCUT2D eigenvalue weighted by molar-refractivity contribution is 0.478. The quantitative estimate of drug-likeness (QED) is 0.798. The molecular weight excluding hydrogens is 206 g/mol. The van der Waals surface area contributed by atoms with E-state index < -0.39 is 0 Å². The average molecular weight is 221 g/mol. The molecule has 0 atom stereocenters. The fourth-order valence-corrected chi connectivity index (χ4v) is 2.64. The maximum absolute atomic E-state index is 4.23. The highest BCUT2D eigenvalue weighted by Crippen LogP contribution is 2.31. The molecule has 0 radical (unpaired) electrons. The third-order valence-corrected chi connectivity index (χ3v) is 3.53. The Bertz CT molecular complexity index is 462. The molecule has 2 rings (SSSR count). The summed E-state index contributed by atoms with van der Waals surface area (Å²) >= 11 is 1.87. The molecule has 1 aromatic heterocycles. The van der Waals surface area contributed by atoms with Gasteiger partial charge in [0.15, 0.2) is 0 Å². The van der Waals surface area contributed by atoms with Crippen LogP contribution in [0.5, 0.6) is 0 Å². The van der Waals surface area contributed by atoms with Gasteiger partial charge in [0.1, 0.15) is 10.4 Å². The minimum absolute atomic E-state index is 0.0369. The summed E-state index contributed by atoms with van der Waals surface area (Å²) in [5, 5.41) is 8.40. The number of hydrogen-bond acceptors (Lipinski definition) is 3. The lowest BCUT2D eigenvalue weighted by Crippen LogP contribution is -2.23. The molecule has 1 aromatic carbocycles. The van der Waals surface area contributed by atoms with Gasteiger partial charge in [0.25, 0.3) is 0 Å². The normalized spacial score (nSPS) is 12.2. The van der Waals surface area contributed by atoms with E-state index in [1.807, 2.05) is 34.6 Å². The van der Waals surface area contributed by atoms with Crippen molar-refractivity contribution in [1.82, 2.24) is 15.0 Å². The molecule has 0 saturated carbocycles. The Labute approximate surface area is 93.9 Å². The first-order valence-electron chi connectivity index (χ1n) is 5.10. The van der Waals surface area contributed by atoms with Gasteiger partial charge in [0, 0.05) is 0 Å². The Kier molecular flexibility index (Phi) is 2.69. The van der Waals surface area contributed by atoms with E-state index in [9.17, 15) is 0 Å². The first kappa shape index (κ1) is 10.5. The van der Waals surface area contributed by atoms with E-state index in [1.165, 1.54) is 0 Å². The summed E-state index contributed by atoms with van der Waals surface area (Å²) in [6, 6.07) is 8.06. The van der Waals surface area contributed by atoms with Crippen LogP contribution in [0.1, 0.15) is 20.8 Å². The molecule has 0 spiro atoms. The fourth-order valence-electron chi connectivity index (χ4n) is 1.68. The number of benzene rings is 1. The van der Waals surface area contributed by atoms with Crippen LogP contribution < -0.4 is 0 Å². The Morgan fingerprint density at radius 3 is 2.80 bits per heavy atom. The summed E-state index contributed by atoms with van der Waals surface area (Å²) in [6.07, 6.45) is 0. The number of para-hydroxylation sites is 1. The molecule has 0 saturated heterocycles. The lowest BCUT2D eigenvalue weighted by Gasteiger charge is -2.24. The van der Waals surface area contributed by atoms with Crippen molar-refractivity contribution in [2.45, 2.75) is 25.6 Å². The van der Waals surface area contributed by atoms with Gasteiger partial charge < -0.3 is 0 Å². The highest BCUT2D eigenvalue weighted by Gasteiger charge is 2.23. The zero-order valence-corrected chi connectivity index (χ0v) is 10.1. The second-order valence-corrected chi connectivity index (χ2v) is 5.73. The van der Waals surface area contributed by atoms with Crippen molar-refractivity contribution >= 4 is 22.8 Å². The molecule has 0 aliphatic carbocycles. The average Bonchev–Trinajstić information content (AvgIpc) is 2.61. The van der Waals surface area contributed by atoms with Crippen molar-refractivity contribution < 1.29 is 0 Å². The molecule has 2 aromatic rings. The van der Waals surface area contributed by atoms with Crippen molar-refractivity contribution in [1.29, 1.82) is 0 Å². The highest BCUT2D eigenvalue weighted by atomic mass is 32.2. The van der Waals surface area contributed by atoms with Gasteiger partial charge >= 0.3 is 0 Å². The Morgan fingerprint density at radius 1 is 1.33 bits per heavy atom. The van der Waals surface area contributed by atoms with Gasteiger partial charge in [-0.25, -0.2) is 4.68 Å². The third kappa shape index (κ3) is 1.86. The van der Waals surface area contributed by atoms with E-state index in [0.717, 1.165) is 16.8 Å². The summed E-state index contributed by atoms with van der Waals surface area (Å²) < 4.78 is 2.00. The Balaban J connectivity index is 2.52. The molecular formula is C11H15N3S. The zero-order chi connectivity index (χ0) is 10.9. The van der Waals surface area contributed by atoms with Gasteiger partial charge in [0.2, 0.25) is 0 Å². The zero-order valence-electron chi connectivity index (χ0n) is 9.27. The largest absolute Gasteiger partial charge is 0.229 e. The lowest BCUT2D eigenvalue weighted by atomic mass is 10.3. The van der Waals surface area contributed by atoms with Gasteiger partial charge in [-0.3, -0.25) is 0 Å². The number of nitrogens with zero attached hydrogens (tertiary/aromatic N) is 3. The van der Waals surface area contributed by atoms with Crippen LogP contribution in [0, 0.1) is 0 Å².